The second-order valence-electron chi connectivity index (χ2n) is 17.0. The third-order valence-electron chi connectivity index (χ3n) is 13.0. The van der Waals surface area contributed by atoms with Crippen LogP contribution in [0.3, 0.4) is 0 Å². The number of amides is 4. The van der Waals surface area contributed by atoms with Crippen LogP contribution in [0.5, 0.6) is 0 Å². The Morgan fingerprint density at radius 3 is 1.94 bits per heavy atom. The first-order chi connectivity index (χ1) is 30.5. The van der Waals surface area contributed by atoms with Crippen molar-refractivity contribution in [1.29, 1.82) is 0 Å². The summed E-state index contributed by atoms with van der Waals surface area (Å²) in [6, 6.07) is 19.3. The minimum atomic E-state index is -4.77. The number of halogens is 6. The van der Waals surface area contributed by atoms with Gasteiger partial charge in [0.2, 0.25) is 17.7 Å². The van der Waals surface area contributed by atoms with E-state index in [1.165, 1.54) is 17.0 Å². The second kappa shape index (κ2) is 17.8. The summed E-state index contributed by atoms with van der Waals surface area (Å²) in [7, 11) is 0. The van der Waals surface area contributed by atoms with Gasteiger partial charge in [-0.2, -0.15) is 13.2 Å². The van der Waals surface area contributed by atoms with Crippen LogP contribution in [0.2, 0.25) is 5.02 Å². The molecule has 0 saturated heterocycles. The van der Waals surface area contributed by atoms with Crippen LogP contribution in [0, 0.1) is 24.5 Å². The largest absolute Gasteiger partial charge is 0.433 e. The lowest BCUT2D eigenvalue weighted by atomic mass is 9.76. The number of primary amides is 2. The molecule has 2 unspecified atom stereocenters. The maximum atomic E-state index is 15.3. The van der Waals surface area contributed by atoms with Crippen LogP contribution < -0.4 is 11.5 Å². The first-order valence-electron chi connectivity index (χ1n) is 21.2. The quantitative estimate of drug-likeness (QED) is 0.127. The van der Waals surface area contributed by atoms with Gasteiger partial charge < -0.3 is 21.3 Å². The van der Waals surface area contributed by atoms with E-state index in [0.717, 1.165) is 23.9 Å². The molecule has 5 aromatic rings. The van der Waals surface area contributed by atoms with E-state index in [0.29, 0.717) is 83.5 Å². The fraction of sp³-hybridized carbons (Fsp3) is 0.327. The number of alkyl halides is 3. The number of rotatable bonds is 11. The molecule has 1 aromatic heterocycles. The van der Waals surface area contributed by atoms with Gasteiger partial charge in [-0.1, -0.05) is 78.7 Å². The molecule has 3 aliphatic carbocycles. The molecule has 332 valence electrons. The highest BCUT2D eigenvalue weighted by Crippen LogP contribution is 2.47. The van der Waals surface area contributed by atoms with Crippen LogP contribution in [0.1, 0.15) is 129 Å². The van der Waals surface area contributed by atoms with E-state index in [1.807, 2.05) is 6.07 Å². The monoisotopic (exact) mass is 897 g/mol. The Balaban J connectivity index is 1.11. The molecule has 3 aliphatic rings. The highest BCUT2D eigenvalue weighted by Gasteiger charge is 2.44. The number of aryl methyl sites for hydroxylation is 1. The lowest BCUT2D eigenvalue weighted by Gasteiger charge is -2.40. The number of hydrogen-bond donors (Lipinski definition) is 2. The highest BCUT2D eigenvalue weighted by atomic mass is 35.5. The number of benzene rings is 4. The van der Waals surface area contributed by atoms with Crippen molar-refractivity contribution in [1.82, 2.24) is 14.8 Å². The summed E-state index contributed by atoms with van der Waals surface area (Å²) in [5, 5.41) is 0.0568. The van der Waals surface area contributed by atoms with Crippen molar-refractivity contribution in [3.63, 3.8) is 0 Å². The van der Waals surface area contributed by atoms with E-state index < -0.39 is 65.5 Å². The molecule has 0 bridgehead atoms. The molecule has 9 nitrogen and oxygen atoms in total. The predicted molar refractivity (Wildman–Crippen MR) is 228 cm³/mol. The maximum absolute atomic E-state index is 15.3. The van der Waals surface area contributed by atoms with Crippen molar-refractivity contribution in [3.8, 4) is 0 Å². The fourth-order valence-corrected chi connectivity index (χ4v) is 10.4. The van der Waals surface area contributed by atoms with Gasteiger partial charge in [-0.15, -0.1) is 0 Å². The van der Waals surface area contributed by atoms with Crippen LogP contribution in [0.25, 0.3) is 0 Å². The number of nitrogens with two attached hydrogens (primary N) is 2. The van der Waals surface area contributed by atoms with Crippen LogP contribution in [0.15, 0.2) is 97.2 Å². The standard InChI is InChI=1S/C49H45ClF5N5O4/c1-26-20-36-34(38(51)21-26)15-17-40(36)59(43(45(56)61)28-6-3-2-4-7-28)47(63)31-9-5-8-30(22-31)27-10-12-29(13-11-27)44(46(57)62)60(41-18-16-35-37(41)23-33(50)24-39(35)52)48(64)32-14-19-42(58-25-32)49(53,54)55/h2-4,6-7,10-14,19-21,23-25,30-31,40-41,43-44H,5,8-9,15-18,22H2,1H3,(H2,56,61)(H2,57,62)/t30?,31?,40-,41-,43-,44-/m1/s1. The first-order valence-corrected chi connectivity index (χ1v) is 21.6. The number of aromatic nitrogens is 1. The zero-order valence-corrected chi connectivity index (χ0v) is 35.5. The first kappa shape index (κ1) is 44.5. The van der Waals surface area contributed by atoms with E-state index in [1.54, 1.807) is 66.4 Å². The molecule has 4 amide bonds. The lowest BCUT2D eigenvalue weighted by Crippen LogP contribution is -2.46. The summed E-state index contributed by atoms with van der Waals surface area (Å²) in [6.45, 7) is 1.79. The Bertz CT molecular complexity index is 2610. The number of nitrogens with zero attached hydrogens (tertiary/aromatic N) is 3. The van der Waals surface area contributed by atoms with Gasteiger partial charge >= 0.3 is 6.18 Å². The van der Waals surface area contributed by atoms with Gasteiger partial charge in [0, 0.05) is 17.1 Å². The molecule has 0 spiro atoms. The molecule has 0 aliphatic heterocycles. The Labute approximate surface area is 371 Å². The van der Waals surface area contributed by atoms with Crippen molar-refractivity contribution in [3.05, 3.63) is 170 Å². The van der Waals surface area contributed by atoms with Crippen LogP contribution >= 0.6 is 11.6 Å². The molecule has 15 heteroatoms. The zero-order chi connectivity index (χ0) is 45.6. The van der Waals surface area contributed by atoms with Gasteiger partial charge in [-0.05, 0) is 133 Å². The minimum Gasteiger partial charge on any atom is -0.368 e. The number of carbonyl (C=O) groups is 4. The molecule has 1 fully saturated rings. The minimum absolute atomic E-state index is 0.0568. The smallest absolute Gasteiger partial charge is 0.368 e. The van der Waals surface area contributed by atoms with Crippen molar-refractivity contribution >= 4 is 35.2 Å². The summed E-state index contributed by atoms with van der Waals surface area (Å²) in [6.07, 6.45) is -0.471. The van der Waals surface area contributed by atoms with Gasteiger partial charge in [0.05, 0.1) is 17.6 Å². The van der Waals surface area contributed by atoms with E-state index in [4.69, 9.17) is 23.1 Å². The van der Waals surface area contributed by atoms with Gasteiger partial charge in [0.1, 0.15) is 29.4 Å². The normalized spacial score (nSPS) is 20.2. The summed E-state index contributed by atoms with van der Waals surface area (Å²) in [5.41, 5.74) is 14.9. The highest BCUT2D eigenvalue weighted by molar-refractivity contribution is 6.30. The van der Waals surface area contributed by atoms with Crippen molar-refractivity contribution in [2.75, 3.05) is 0 Å². The third kappa shape index (κ3) is 8.59. The summed E-state index contributed by atoms with van der Waals surface area (Å²) < 4.78 is 70.7. The van der Waals surface area contributed by atoms with Crippen molar-refractivity contribution in [2.24, 2.45) is 17.4 Å². The van der Waals surface area contributed by atoms with Gasteiger partial charge in [-0.3, -0.25) is 24.2 Å². The number of carbonyl (C=O) groups excluding carboxylic acids is 4. The Morgan fingerprint density at radius 2 is 1.33 bits per heavy atom. The van der Waals surface area contributed by atoms with Crippen LogP contribution in [0.4, 0.5) is 22.0 Å². The molecule has 1 saturated carbocycles. The number of hydrogen-bond acceptors (Lipinski definition) is 5. The third-order valence-corrected chi connectivity index (χ3v) is 13.3. The second-order valence-corrected chi connectivity index (χ2v) is 17.5. The average molecular weight is 898 g/mol. The number of fused-ring (bicyclic) bond motifs is 2. The predicted octanol–water partition coefficient (Wildman–Crippen LogP) is 9.71. The summed E-state index contributed by atoms with van der Waals surface area (Å²) in [5.74, 6) is -4.37. The average Bonchev–Trinajstić information content (AvgIpc) is 3.89. The molecule has 4 aromatic carbocycles. The van der Waals surface area contributed by atoms with E-state index in [9.17, 15) is 27.6 Å². The van der Waals surface area contributed by atoms with E-state index in [2.05, 4.69) is 4.98 Å². The molecule has 4 N–H and O–H groups in total. The molecular weight excluding hydrogens is 853 g/mol. The summed E-state index contributed by atoms with van der Waals surface area (Å²) >= 11 is 6.26. The number of pyridine rings is 1. The topological polar surface area (TPSA) is 140 Å². The SMILES string of the molecule is Cc1cc(F)c2c(c1)[C@H](N(C(=O)C1CCCC(c3ccc([C@H](C(N)=O)N(C(=O)c4ccc(C(F)(F)F)nc4)[C@@H]4CCc5c(F)cc(Cl)cc54)cc3)C1)[C@@H](C(N)=O)c1ccccc1)CC2. The fourth-order valence-electron chi connectivity index (χ4n) is 10.2. The van der Waals surface area contributed by atoms with Crippen LogP contribution in [-0.4, -0.2) is 38.4 Å². The molecule has 8 rings (SSSR count). The van der Waals surface area contributed by atoms with Crippen molar-refractivity contribution in [2.45, 2.75) is 94.6 Å². The van der Waals surface area contributed by atoms with E-state index in [-0.39, 0.29) is 41.1 Å². The molecule has 64 heavy (non-hydrogen) atoms. The Morgan fingerprint density at radius 1 is 0.734 bits per heavy atom. The van der Waals surface area contributed by atoms with Gasteiger partial charge in [-0.25, -0.2) is 8.78 Å². The maximum Gasteiger partial charge on any atom is 0.433 e. The Kier molecular flexibility index (Phi) is 12.4. The summed E-state index contributed by atoms with van der Waals surface area (Å²) in [4.78, 5) is 62.5. The van der Waals surface area contributed by atoms with Gasteiger partial charge in [0.25, 0.3) is 5.91 Å². The molecule has 0 radical (unpaired) electrons. The molecular formula is C49H45ClF5N5O4. The zero-order valence-electron chi connectivity index (χ0n) is 34.8. The molecule has 1 heterocycles. The molecule has 6 atom stereocenters. The van der Waals surface area contributed by atoms with Gasteiger partial charge in [0.15, 0.2) is 0 Å². The van der Waals surface area contributed by atoms with E-state index >= 15 is 13.6 Å². The lowest BCUT2D eigenvalue weighted by molar-refractivity contribution is -0.147. The van der Waals surface area contributed by atoms with Crippen molar-refractivity contribution < 1.29 is 41.1 Å². The Hall–Kier alpha value is -6.15. The van der Waals surface area contributed by atoms with Crippen LogP contribution in [-0.2, 0) is 33.4 Å².